The highest BCUT2D eigenvalue weighted by Gasteiger charge is 2.35. The van der Waals surface area contributed by atoms with Crippen molar-refractivity contribution < 1.29 is 19.0 Å². The molecule has 1 aromatic rings. The third kappa shape index (κ3) is 2.88. The van der Waals surface area contributed by atoms with Crippen molar-refractivity contribution in [3.8, 4) is 0 Å². The minimum atomic E-state index is -0.629. The molecule has 0 radical (unpaired) electrons. The Morgan fingerprint density at radius 1 is 1.63 bits per heavy atom. The molecular weight excluding hydrogens is 273 g/mol. The predicted molar refractivity (Wildman–Crippen MR) is 68.7 cm³/mol. The van der Waals surface area contributed by atoms with Crippen LogP contribution in [0.3, 0.4) is 0 Å². The van der Waals surface area contributed by atoms with Gasteiger partial charge in [-0.2, -0.15) is 0 Å². The van der Waals surface area contributed by atoms with Crippen molar-refractivity contribution in [2.45, 2.75) is 18.6 Å². The first-order valence-corrected chi connectivity index (χ1v) is 6.34. The van der Waals surface area contributed by atoms with Crippen LogP contribution in [0.4, 0.5) is 4.39 Å². The number of nitrogens with zero attached hydrogens (tertiary/aromatic N) is 1. The van der Waals surface area contributed by atoms with Crippen LogP contribution in [0.1, 0.15) is 16.8 Å². The van der Waals surface area contributed by atoms with Crippen molar-refractivity contribution in [3.63, 3.8) is 0 Å². The van der Waals surface area contributed by atoms with Crippen LogP contribution in [-0.4, -0.2) is 48.3 Å². The number of hydrogen-bond acceptors (Lipinski definition) is 3. The molecule has 1 N–H and O–H groups in total. The average Bonchev–Trinajstić information content (AvgIpc) is 2.84. The van der Waals surface area contributed by atoms with Crippen molar-refractivity contribution in [1.82, 2.24) is 4.90 Å². The van der Waals surface area contributed by atoms with Crippen LogP contribution in [0.2, 0.25) is 5.02 Å². The lowest BCUT2D eigenvalue weighted by molar-refractivity contribution is 0.0647. The molecule has 2 atom stereocenters. The van der Waals surface area contributed by atoms with Crippen molar-refractivity contribution in [2.24, 2.45) is 0 Å². The number of aliphatic hydroxyl groups excluding tert-OH is 1. The maximum atomic E-state index is 13.4. The van der Waals surface area contributed by atoms with Gasteiger partial charge in [0.2, 0.25) is 0 Å². The highest BCUT2D eigenvalue weighted by Crippen LogP contribution is 2.23. The summed E-state index contributed by atoms with van der Waals surface area (Å²) < 4.78 is 18.6. The molecule has 104 valence electrons. The van der Waals surface area contributed by atoms with E-state index < -0.39 is 5.82 Å². The Hall–Kier alpha value is -1.17. The van der Waals surface area contributed by atoms with Crippen LogP contribution in [0.5, 0.6) is 0 Å². The van der Waals surface area contributed by atoms with E-state index in [0.717, 1.165) is 6.07 Å². The summed E-state index contributed by atoms with van der Waals surface area (Å²) in [6, 6.07) is 3.64. The molecule has 1 heterocycles. The second-order valence-electron chi connectivity index (χ2n) is 4.52. The highest BCUT2D eigenvalue weighted by atomic mass is 35.5. The Kier molecular flexibility index (Phi) is 4.39. The van der Waals surface area contributed by atoms with E-state index in [-0.39, 0.29) is 35.2 Å². The molecule has 0 unspecified atom stereocenters. The van der Waals surface area contributed by atoms with E-state index in [1.807, 2.05) is 0 Å². The number of carbonyl (C=O) groups is 1. The molecule has 1 saturated heterocycles. The molecule has 0 spiro atoms. The molecule has 2 rings (SSSR count). The first kappa shape index (κ1) is 14.2. The third-order valence-corrected chi connectivity index (χ3v) is 3.65. The van der Waals surface area contributed by atoms with Crippen LogP contribution < -0.4 is 0 Å². The van der Waals surface area contributed by atoms with Gasteiger partial charge < -0.3 is 14.7 Å². The van der Waals surface area contributed by atoms with E-state index in [1.54, 1.807) is 7.11 Å². The van der Waals surface area contributed by atoms with E-state index >= 15 is 0 Å². The summed E-state index contributed by atoms with van der Waals surface area (Å²) in [4.78, 5) is 13.8. The molecule has 0 aromatic heterocycles. The number of ether oxygens (including phenoxy) is 1. The quantitative estimate of drug-likeness (QED) is 0.920. The molecule has 1 aliphatic rings. The normalized spacial score (nSPS) is 22.8. The van der Waals surface area contributed by atoms with E-state index in [1.165, 1.54) is 17.0 Å². The van der Waals surface area contributed by atoms with Gasteiger partial charge in [-0.15, -0.1) is 0 Å². The predicted octanol–water partition coefficient (Wildman–Crippen LogP) is 1.70. The van der Waals surface area contributed by atoms with Crippen LogP contribution >= 0.6 is 11.6 Å². The van der Waals surface area contributed by atoms with Gasteiger partial charge in [0.15, 0.2) is 0 Å². The molecule has 1 amide bonds. The molecule has 4 nitrogen and oxygen atoms in total. The number of benzene rings is 1. The van der Waals surface area contributed by atoms with Crippen molar-refractivity contribution in [3.05, 3.63) is 34.6 Å². The van der Waals surface area contributed by atoms with Gasteiger partial charge in [-0.25, -0.2) is 4.39 Å². The summed E-state index contributed by atoms with van der Waals surface area (Å²) in [5.74, 6) is -0.954. The van der Waals surface area contributed by atoms with Gasteiger partial charge in [0, 0.05) is 19.2 Å². The maximum Gasteiger partial charge on any atom is 0.254 e. The average molecular weight is 288 g/mol. The van der Waals surface area contributed by atoms with Crippen molar-refractivity contribution in [2.75, 3.05) is 20.3 Å². The molecule has 1 aliphatic heterocycles. The summed E-state index contributed by atoms with van der Waals surface area (Å²) >= 11 is 5.59. The fraction of sp³-hybridized carbons (Fsp3) is 0.462. The third-order valence-electron chi connectivity index (χ3n) is 3.35. The van der Waals surface area contributed by atoms with Crippen molar-refractivity contribution >= 4 is 17.5 Å². The number of likely N-dealkylation sites (tertiary alicyclic amines) is 1. The van der Waals surface area contributed by atoms with Crippen LogP contribution in [0.15, 0.2) is 18.2 Å². The zero-order chi connectivity index (χ0) is 14.0. The zero-order valence-corrected chi connectivity index (χ0v) is 11.2. The Morgan fingerprint density at radius 3 is 2.95 bits per heavy atom. The highest BCUT2D eigenvalue weighted by molar-refractivity contribution is 6.30. The van der Waals surface area contributed by atoms with E-state index in [0.29, 0.717) is 13.0 Å². The van der Waals surface area contributed by atoms with E-state index in [4.69, 9.17) is 16.3 Å². The fourth-order valence-corrected chi connectivity index (χ4v) is 2.38. The van der Waals surface area contributed by atoms with Crippen LogP contribution in [0.25, 0.3) is 0 Å². The van der Waals surface area contributed by atoms with Gasteiger partial charge in [0.05, 0.1) is 23.8 Å². The lowest BCUT2D eigenvalue weighted by atomic mass is 10.1. The van der Waals surface area contributed by atoms with Gasteiger partial charge in [-0.1, -0.05) is 11.6 Å². The SMILES string of the molecule is CO[C@H]1C[C@@H](CO)N(C(=O)c2ccc(Cl)c(F)c2)C1. The Bertz CT molecular complexity index is 483. The number of carbonyl (C=O) groups excluding carboxylic acids is 1. The van der Waals surface area contributed by atoms with Gasteiger partial charge in [-0.3, -0.25) is 4.79 Å². The molecule has 0 saturated carbocycles. The van der Waals surface area contributed by atoms with Gasteiger partial charge in [0.25, 0.3) is 5.91 Å². The van der Waals surface area contributed by atoms with Gasteiger partial charge in [-0.05, 0) is 24.6 Å². The summed E-state index contributed by atoms with van der Waals surface area (Å²) in [6.45, 7) is 0.256. The first-order valence-electron chi connectivity index (χ1n) is 5.96. The van der Waals surface area contributed by atoms with Crippen LogP contribution in [0, 0.1) is 5.82 Å². The van der Waals surface area contributed by atoms with Gasteiger partial charge in [0.1, 0.15) is 5.82 Å². The minimum absolute atomic E-state index is 0.0218. The standard InChI is InChI=1S/C13H15ClFNO3/c1-19-10-5-9(7-17)16(6-10)13(18)8-2-3-11(14)12(15)4-8/h2-4,9-10,17H,5-7H2,1H3/t9-,10-/m0/s1. The second kappa shape index (κ2) is 5.86. The summed E-state index contributed by atoms with van der Waals surface area (Å²) in [7, 11) is 1.56. The number of halogens is 2. The van der Waals surface area contributed by atoms with Crippen LogP contribution in [-0.2, 0) is 4.74 Å². The van der Waals surface area contributed by atoms with Gasteiger partial charge >= 0.3 is 0 Å². The number of hydrogen-bond donors (Lipinski definition) is 1. The summed E-state index contributed by atoms with van der Waals surface area (Å²) in [6.07, 6.45) is 0.479. The number of amides is 1. The number of methoxy groups -OCH3 is 1. The zero-order valence-electron chi connectivity index (χ0n) is 10.5. The fourth-order valence-electron chi connectivity index (χ4n) is 2.26. The smallest absolute Gasteiger partial charge is 0.254 e. The van der Waals surface area contributed by atoms with E-state index in [9.17, 15) is 14.3 Å². The lowest BCUT2D eigenvalue weighted by Gasteiger charge is -2.22. The minimum Gasteiger partial charge on any atom is -0.394 e. The molecule has 1 aromatic carbocycles. The lowest BCUT2D eigenvalue weighted by Crippen LogP contribution is -2.38. The molecular formula is C13H15ClFNO3. The number of aliphatic hydroxyl groups is 1. The monoisotopic (exact) mass is 287 g/mol. The summed E-state index contributed by atoms with van der Waals surface area (Å²) in [5, 5.41) is 9.28. The van der Waals surface area contributed by atoms with E-state index in [2.05, 4.69) is 0 Å². The van der Waals surface area contributed by atoms with Crippen molar-refractivity contribution in [1.29, 1.82) is 0 Å². The summed E-state index contributed by atoms with van der Waals surface area (Å²) in [5.41, 5.74) is 0.220. The number of rotatable bonds is 3. The topological polar surface area (TPSA) is 49.8 Å². The Balaban J connectivity index is 2.20. The molecule has 19 heavy (non-hydrogen) atoms. The maximum absolute atomic E-state index is 13.4. The molecule has 6 heteroatoms. The Labute approximate surface area is 115 Å². The Morgan fingerprint density at radius 2 is 2.37 bits per heavy atom. The largest absolute Gasteiger partial charge is 0.394 e. The molecule has 0 bridgehead atoms. The molecule has 1 fully saturated rings. The second-order valence-corrected chi connectivity index (χ2v) is 4.92. The molecule has 0 aliphatic carbocycles. The first-order chi connectivity index (χ1) is 9.06.